The van der Waals surface area contributed by atoms with Gasteiger partial charge in [-0.3, -0.25) is 4.90 Å². The van der Waals surface area contributed by atoms with Gasteiger partial charge < -0.3 is 9.84 Å². The number of aryl methyl sites for hydroxylation is 1. The predicted octanol–water partition coefficient (Wildman–Crippen LogP) is 5.06. The van der Waals surface area contributed by atoms with E-state index >= 15 is 0 Å². The summed E-state index contributed by atoms with van der Waals surface area (Å²) in [4.78, 5) is 26.7. The molecule has 0 aromatic heterocycles. The second-order valence-corrected chi connectivity index (χ2v) is 8.78. The molecule has 1 aliphatic heterocycles. The quantitative estimate of drug-likeness (QED) is 0.786. The van der Waals surface area contributed by atoms with Crippen LogP contribution in [0.25, 0.3) is 11.1 Å². The Morgan fingerprint density at radius 2 is 1.86 bits per heavy atom. The van der Waals surface area contributed by atoms with Crippen LogP contribution in [0.2, 0.25) is 0 Å². The zero-order valence-electron chi connectivity index (χ0n) is 17.6. The Kier molecular flexibility index (Phi) is 5.69. The summed E-state index contributed by atoms with van der Waals surface area (Å²) in [5, 5.41) is 10.2. The Bertz CT molecular complexity index is 915. The van der Waals surface area contributed by atoms with E-state index in [1.807, 2.05) is 49.4 Å². The molecule has 0 spiro atoms. The lowest BCUT2D eigenvalue weighted by molar-refractivity contribution is -0.149. The van der Waals surface area contributed by atoms with Crippen molar-refractivity contribution in [2.45, 2.75) is 58.1 Å². The molecule has 1 atom stereocenters. The van der Waals surface area contributed by atoms with E-state index < -0.39 is 23.2 Å². The first-order chi connectivity index (χ1) is 13.6. The van der Waals surface area contributed by atoms with Crippen molar-refractivity contribution in [3.05, 3.63) is 59.7 Å². The molecule has 1 aliphatic rings. The van der Waals surface area contributed by atoms with Crippen molar-refractivity contribution < 1.29 is 19.4 Å². The number of carbonyl (C=O) groups excluding carboxylic acids is 1. The van der Waals surface area contributed by atoms with Crippen molar-refractivity contribution in [3.63, 3.8) is 0 Å². The van der Waals surface area contributed by atoms with Crippen LogP contribution in [0.4, 0.5) is 4.79 Å². The van der Waals surface area contributed by atoms with E-state index in [0.29, 0.717) is 19.4 Å². The Balaban J connectivity index is 2.00. The number of aliphatic carboxylic acids is 1. The van der Waals surface area contributed by atoms with Gasteiger partial charge in [-0.15, -0.1) is 0 Å². The molecular weight excluding hydrogens is 366 g/mol. The van der Waals surface area contributed by atoms with Crippen molar-refractivity contribution in [1.82, 2.24) is 4.90 Å². The molecule has 1 amide bonds. The van der Waals surface area contributed by atoms with Crippen LogP contribution in [-0.4, -0.2) is 39.8 Å². The summed E-state index contributed by atoms with van der Waals surface area (Å²) < 4.78 is 5.52. The third-order valence-corrected chi connectivity index (χ3v) is 5.33. The molecule has 1 saturated heterocycles. The number of hydrogen-bond donors (Lipinski definition) is 1. The van der Waals surface area contributed by atoms with Crippen LogP contribution in [-0.2, 0) is 16.0 Å². The van der Waals surface area contributed by atoms with Gasteiger partial charge >= 0.3 is 12.1 Å². The highest BCUT2D eigenvalue weighted by Gasteiger charge is 2.51. The highest BCUT2D eigenvalue weighted by Crippen LogP contribution is 2.37. The fourth-order valence-corrected chi connectivity index (χ4v) is 4.03. The molecule has 154 valence electrons. The molecular formula is C24H29NO4. The largest absolute Gasteiger partial charge is 0.479 e. The summed E-state index contributed by atoms with van der Waals surface area (Å²) in [5.74, 6) is -0.986. The van der Waals surface area contributed by atoms with Gasteiger partial charge in [-0.05, 0) is 57.2 Å². The van der Waals surface area contributed by atoms with Gasteiger partial charge in [0.1, 0.15) is 11.1 Å². The zero-order chi connectivity index (χ0) is 21.2. The maximum atomic E-state index is 12.8. The van der Waals surface area contributed by atoms with Gasteiger partial charge in [0, 0.05) is 13.0 Å². The minimum Gasteiger partial charge on any atom is -0.479 e. The van der Waals surface area contributed by atoms with E-state index in [2.05, 4.69) is 6.07 Å². The van der Waals surface area contributed by atoms with Gasteiger partial charge in [-0.25, -0.2) is 9.59 Å². The van der Waals surface area contributed by atoms with Crippen LogP contribution in [0.5, 0.6) is 0 Å². The molecule has 0 saturated carbocycles. The highest BCUT2D eigenvalue weighted by molar-refractivity contribution is 5.86. The first-order valence-electron chi connectivity index (χ1n) is 10.0. The average Bonchev–Trinajstić information content (AvgIpc) is 3.06. The van der Waals surface area contributed by atoms with Gasteiger partial charge in [0.15, 0.2) is 0 Å². The molecule has 3 rings (SSSR count). The number of amides is 1. The number of hydrogen-bond acceptors (Lipinski definition) is 3. The predicted molar refractivity (Wildman–Crippen MR) is 113 cm³/mol. The molecule has 29 heavy (non-hydrogen) atoms. The Labute approximate surface area is 172 Å². The van der Waals surface area contributed by atoms with Gasteiger partial charge in [0.05, 0.1) is 0 Å². The molecule has 2 aromatic carbocycles. The van der Waals surface area contributed by atoms with Crippen LogP contribution >= 0.6 is 0 Å². The van der Waals surface area contributed by atoms with Crippen molar-refractivity contribution in [1.29, 1.82) is 0 Å². The molecule has 0 radical (unpaired) electrons. The van der Waals surface area contributed by atoms with Gasteiger partial charge in [-0.2, -0.15) is 0 Å². The lowest BCUT2D eigenvalue weighted by Gasteiger charge is -2.36. The summed E-state index contributed by atoms with van der Waals surface area (Å²) in [6, 6.07) is 16.0. The lowest BCUT2D eigenvalue weighted by Crippen LogP contribution is -2.55. The van der Waals surface area contributed by atoms with Crippen LogP contribution in [0.15, 0.2) is 48.5 Å². The molecule has 0 bridgehead atoms. The van der Waals surface area contributed by atoms with E-state index in [1.54, 1.807) is 20.8 Å². The average molecular weight is 395 g/mol. The van der Waals surface area contributed by atoms with E-state index in [4.69, 9.17) is 4.74 Å². The van der Waals surface area contributed by atoms with E-state index in [0.717, 1.165) is 22.3 Å². The highest BCUT2D eigenvalue weighted by atomic mass is 16.6. The van der Waals surface area contributed by atoms with Gasteiger partial charge in [0.25, 0.3) is 0 Å². The third-order valence-electron chi connectivity index (χ3n) is 5.33. The second kappa shape index (κ2) is 7.90. The van der Waals surface area contributed by atoms with E-state index in [1.165, 1.54) is 4.90 Å². The number of rotatable bonds is 4. The number of carboxylic acid groups (broad SMARTS) is 1. The topological polar surface area (TPSA) is 66.8 Å². The molecule has 1 N–H and O–H groups in total. The maximum Gasteiger partial charge on any atom is 0.411 e. The molecule has 5 nitrogen and oxygen atoms in total. The number of nitrogens with zero attached hydrogens (tertiary/aromatic N) is 1. The SMILES string of the molecule is Cc1cccc(-c2ccccc2CC2(C(=O)O)CCCN2C(=O)OC(C)(C)C)c1. The summed E-state index contributed by atoms with van der Waals surface area (Å²) in [5.41, 5.74) is 2.11. The third kappa shape index (κ3) is 4.44. The maximum absolute atomic E-state index is 12.8. The molecule has 1 heterocycles. The Morgan fingerprint density at radius 1 is 1.14 bits per heavy atom. The number of likely N-dealkylation sites (tertiary alicyclic amines) is 1. The minimum atomic E-state index is -1.30. The fourth-order valence-electron chi connectivity index (χ4n) is 4.03. The number of ether oxygens (including phenoxy) is 1. The fraction of sp³-hybridized carbons (Fsp3) is 0.417. The van der Waals surface area contributed by atoms with Crippen molar-refractivity contribution in [2.24, 2.45) is 0 Å². The number of carbonyl (C=O) groups is 2. The molecule has 2 aromatic rings. The second-order valence-electron chi connectivity index (χ2n) is 8.78. The number of benzene rings is 2. The summed E-state index contributed by atoms with van der Waals surface area (Å²) in [7, 11) is 0. The Hall–Kier alpha value is -2.82. The van der Waals surface area contributed by atoms with Crippen molar-refractivity contribution in [3.8, 4) is 11.1 Å². The standard InChI is InChI=1S/C24H29NO4/c1-17-9-7-11-18(15-17)20-12-6-5-10-19(20)16-24(21(26)27)13-8-14-25(24)22(28)29-23(2,3)4/h5-7,9-12,15H,8,13-14,16H2,1-4H3,(H,26,27). The van der Waals surface area contributed by atoms with Crippen LogP contribution in [0, 0.1) is 6.92 Å². The smallest absolute Gasteiger partial charge is 0.411 e. The Morgan fingerprint density at radius 3 is 2.52 bits per heavy atom. The molecule has 0 aliphatic carbocycles. The van der Waals surface area contributed by atoms with Crippen LogP contribution in [0.3, 0.4) is 0 Å². The molecule has 5 heteroatoms. The van der Waals surface area contributed by atoms with E-state index in [9.17, 15) is 14.7 Å². The van der Waals surface area contributed by atoms with E-state index in [-0.39, 0.29) is 6.42 Å². The molecule has 1 unspecified atom stereocenters. The monoisotopic (exact) mass is 395 g/mol. The molecule has 1 fully saturated rings. The minimum absolute atomic E-state index is 0.242. The van der Waals surface area contributed by atoms with Crippen LogP contribution < -0.4 is 0 Å². The van der Waals surface area contributed by atoms with Gasteiger partial charge in [-0.1, -0.05) is 54.1 Å². The van der Waals surface area contributed by atoms with Crippen molar-refractivity contribution in [2.75, 3.05) is 6.54 Å². The summed E-state index contributed by atoms with van der Waals surface area (Å²) in [6.45, 7) is 7.78. The van der Waals surface area contributed by atoms with Gasteiger partial charge in [0.2, 0.25) is 0 Å². The lowest BCUT2D eigenvalue weighted by atomic mass is 9.85. The first-order valence-corrected chi connectivity index (χ1v) is 10.0. The number of carboxylic acids is 1. The summed E-state index contributed by atoms with van der Waals surface area (Å²) >= 11 is 0. The summed E-state index contributed by atoms with van der Waals surface area (Å²) in [6.07, 6.45) is 0.721. The van der Waals surface area contributed by atoms with Crippen molar-refractivity contribution >= 4 is 12.1 Å². The van der Waals surface area contributed by atoms with Crippen LogP contribution in [0.1, 0.15) is 44.7 Å². The zero-order valence-corrected chi connectivity index (χ0v) is 17.6. The normalized spacial score (nSPS) is 19.2. The first kappa shape index (κ1) is 20.9.